The van der Waals surface area contributed by atoms with Crippen molar-refractivity contribution < 1.29 is 31.1 Å². The fraction of sp³-hybridized carbons (Fsp3) is 0.696. The number of nitrogens with one attached hydrogen (secondary N) is 2. The van der Waals surface area contributed by atoms with Crippen molar-refractivity contribution in [2.75, 3.05) is 5.75 Å². The predicted octanol–water partition coefficient (Wildman–Crippen LogP) is 3.87. The van der Waals surface area contributed by atoms with Crippen molar-refractivity contribution in [3.05, 3.63) is 29.8 Å². The molecule has 6 nitrogen and oxygen atoms in total. The second kappa shape index (κ2) is 8.15. The van der Waals surface area contributed by atoms with Crippen LogP contribution in [0, 0.1) is 17.8 Å². The number of carbonyl (C=O) groups excluding carboxylic acids is 1. The van der Waals surface area contributed by atoms with Crippen LogP contribution in [0.2, 0.25) is 0 Å². The lowest BCUT2D eigenvalue weighted by atomic mass is 9.51. The Hall–Kier alpha value is -1.81. The highest BCUT2D eigenvalue weighted by Crippen LogP contribution is 2.56. The van der Waals surface area contributed by atoms with Crippen LogP contribution in [0.3, 0.4) is 0 Å². The number of sulfonamides is 1. The average Bonchev–Trinajstić information content (AvgIpc) is 2.68. The molecule has 0 saturated heterocycles. The summed E-state index contributed by atoms with van der Waals surface area (Å²) in [6.07, 6.45) is -0.429. The number of halogens is 3. The number of hydrogen-bond donors (Lipinski definition) is 2. The maximum Gasteiger partial charge on any atom is 0.416 e. The normalized spacial score (nSPS) is 31.5. The predicted molar refractivity (Wildman–Crippen MR) is 117 cm³/mol. The zero-order valence-corrected chi connectivity index (χ0v) is 19.9. The lowest BCUT2D eigenvalue weighted by molar-refractivity contribution is -0.139. The summed E-state index contributed by atoms with van der Waals surface area (Å²) in [7, 11) is -3.33. The molecule has 0 heterocycles. The zero-order valence-electron chi connectivity index (χ0n) is 19.0. The quantitative estimate of drug-likeness (QED) is 0.610. The third kappa shape index (κ3) is 5.01. The number of alkyl halides is 3. The monoisotopic (exact) mass is 488 g/mol. The fourth-order valence-electron chi connectivity index (χ4n) is 6.19. The van der Waals surface area contributed by atoms with Crippen molar-refractivity contribution in [2.24, 2.45) is 17.8 Å². The van der Waals surface area contributed by atoms with Crippen LogP contribution in [-0.4, -0.2) is 37.3 Å². The van der Waals surface area contributed by atoms with Gasteiger partial charge in [0.2, 0.25) is 10.0 Å². The molecule has 4 fully saturated rings. The van der Waals surface area contributed by atoms with Crippen molar-refractivity contribution in [2.45, 2.75) is 76.2 Å². The number of rotatable bonds is 7. The molecule has 4 aliphatic rings. The first-order valence-corrected chi connectivity index (χ1v) is 13.1. The van der Waals surface area contributed by atoms with E-state index < -0.39 is 32.9 Å². The van der Waals surface area contributed by atoms with Gasteiger partial charge in [-0.05, 0) is 88.8 Å². The fourth-order valence-corrected chi connectivity index (χ4v) is 7.24. The van der Waals surface area contributed by atoms with Gasteiger partial charge in [0.05, 0.1) is 11.3 Å². The minimum atomic E-state index is -4.50. The van der Waals surface area contributed by atoms with Gasteiger partial charge in [0.15, 0.2) is 5.60 Å². The van der Waals surface area contributed by atoms with E-state index in [0.717, 1.165) is 31.4 Å². The van der Waals surface area contributed by atoms with Crippen LogP contribution in [-0.2, 0) is 21.0 Å². The zero-order chi connectivity index (χ0) is 24.2. The second-order valence-corrected chi connectivity index (χ2v) is 12.4. The number of hydrogen-bond acceptors (Lipinski definition) is 4. The Labute approximate surface area is 192 Å². The van der Waals surface area contributed by atoms with Gasteiger partial charge in [0.25, 0.3) is 5.91 Å². The first kappa shape index (κ1) is 24.3. The third-order valence-corrected chi connectivity index (χ3v) is 8.91. The summed E-state index contributed by atoms with van der Waals surface area (Å²) in [5.74, 6) is 0.372. The Balaban J connectivity index is 1.45. The Bertz CT molecular complexity index is 1010. The van der Waals surface area contributed by atoms with Crippen molar-refractivity contribution in [3.63, 3.8) is 0 Å². The van der Waals surface area contributed by atoms with E-state index in [4.69, 9.17) is 4.74 Å². The van der Waals surface area contributed by atoms with E-state index in [-0.39, 0.29) is 35.3 Å². The molecular weight excluding hydrogens is 457 g/mol. The summed E-state index contributed by atoms with van der Waals surface area (Å²) >= 11 is 0. The van der Waals surface area contributed by atoms with E-state index in [9.17, 15) is 26.4 Å². The Kier molecular flexibility index (Phi) is 6.00. The summed E-state index contributed by atoms with van der Waals surface area (Å²) in [6.45, 7) is 4.70. The molecule has 0 aliphatic heterocycles. The Morgan fingerprint density at radius 1 is 1.15 bits per heavy atom. The summed E-state index contributed by atoms with van der Waals surface area (Å²) in [6, 6.07) is 4.40. The van der Waals surface area contributed by atoms with E-state index in [1.165, 1.54) is 26.0 Å². The van der Waals surface area contributed by atoms with Crippen LogP contribution < -0.4 is 14.8 Å². The van der Waals surface area contributed by atoms with Crippen LogP contribution >= 0.6 is 0 Å². The molecule has 3 unspecified atom stereocenters. The lowest BCUT2D eigenvalue weighted by Gasteiger charge is -2.60. The summed E-state index contributed by atoms with van der Waals surface area (Å²) < 4.78 is 72.2. The second-order valence-electron chi connectivity index (χ2n) is 10.4. The van der Waals surface area contributed by atoms with E-state index in [1.54, 1.807) is 6.92 Å². The summed E-state index contributed by atoms with van der Waals surface area (Å²) in [5.41, 5.74) is -2.64. The molecule has 1 aromatic carbocycles. The average molecular weight is 489 g/mol. The summed E-state index contributed by atoms with van der Waals surface area (Å²) in [5, 5.41) is 3.10. The Morgan fingerprint density at radius 2 is 1.79 bits per heavy atom. The molecule has 4 bridgehead atoms. The smallest absolute Gasteiger partial charge is 0.416 e. The number of amides is 1. The first-order valence-electron chi connectivity index (χ1n) is 11.4. The van der Waals surface area contributed by atoms with Crippen molar-refractivity contribution in [3.8, 4) is 5.75 Å². The number of carbonyl (C=O) groups is 1. The van der Waals surface area contributed by atoms with Crippen LogP contribution in [0.5, 0.6) is 5.75 Å². The standard InChI is InChI=1S/C23H31F3N2O4S/c1-4-33(30,31)28-22-11-14-8-15(12-22)19(16(9-14)13-22)27-20(29)21(2,3)32-18-7-5-6-17(10-18)23(24,25)26/h5-7,10,14-16,19,28H,4,8-9,11-13H2,1-3H3,(H,27,29)/t14?,15-,16+,19?,22?. The van der Waals surface area contributed by atoms with Gasteiger partial charge < -0.3 is 10.1 Å². The molecule has 0 radical (unpaired) electrons. The topological polar surface area (TPSA) is 84.5 Å². The van der Waals surface area contributed by atoms with E-state index in [2.05, 4.69) is 10.0 Å². The van der Waals surface area contributed by atoms with Crippen molar-refractivity contribution >= 4 is 15.9 Å². The van der Waals surface area contributed by atoms with Crippen LogP contribution in [0.25, 0.3) is 0 Å². The van der Waals surface area contributed by atoms with Gasteiger partial charge in [-0.15, -0.1) is 0 Å². The highest BCUT2D eigenvalue weighted by Gasteiger charge is 2.57. The molecule has 5 rings (SSSR count). The largest absolute Gasteiger partial charge is 0.478 e. The van der Waals surface area contributed by atoms with E-state index in [1.807, 2.05) is 0 Å². The molecule has 1 aromatic rings. The molecule has 0 spiro atoms. The lowest BCUT2D eigenvalue weighted by Crippen LogP contribution is -2.67. The minimum absolute atomic E-state index is 0.0250. The highest BCUT2D eigenvalue weighted by atomic mass is 32.2. The maximum atomic E-state index is 13.1. The van der Waals surface area contributed by atoms with Crippen molar-refractivity contribution in [1.82, 2.24) is 10.0 Å². The molecule has 0 aromatic heterocycles. The number of ether oxygens (including phenoxy) is 1. The molecule has 4 saturated carbocycles. The molecule has 184 valence electrons. The SMILES string of the molecule is CCS(=O)(=O)NC12CC3C[C@H](C1)C(NC(=O)C(C)(C)Oc1cccc(C(F)(F)F)c1)[C@@H](C3)C2. The summed E-state index contributed by atoms with van der Waals surface area (Å²) in [4.78, 5) is 13.1. The maximum absolute atomic E-state index is 13.1. The van der Waals surface area contributed by atoms with Gasteiger partial charge >= 0.3 is 6.18 Å². The van der Waals surface area contributed by atoms with Crippen LogP contribution in [0.1, 0.15) is 58.4 Å². The molecular formula is C23H31F3N2O4S. The van der Waals surface area contributed by atoms with Gasteiger partial charge in [-0.25, -0.2) is 13.1 Å². The van der Waals surface area contributed by atoms with E-state index >= 15 is 0 Å². The Morgan fingerprint density at radius 3 is 2.36 bits per heavy atom. The molecule has 4 aliphatic carbocycles. The molecule has 5 atom stereocenters. The van der Waals surface area contributed by atoms with E-state index in [0.29, 0.717) is 18.8 Å². The molecule has 33 heavy (non-hydrogen) atoms. The van der Waals surface area contributed by atoms with Gasteiger partial charge in [-0.2, -0.15) is 13.2 Å². The van der Waals surface area contributed by atoms with Gasteiger partial charge in [0.1, 0.15) is 5.75 Å². The molecule has 1 amide bonds. The third-order valence-electron chi connectivity index (χ3n) is 7.40. The van der Waals surface area contributed by atoms with Crippen LogP contribution in [0.4, 0.5) is 13.2 Å². The number of benzene rings is 1. The van der Waals surface area contributed by atoms with Gasteiger partial charge in [0, 0.05) is 11.6 Å². The van der Waals surface area contributed by atoms with Gasteiger partial charge in [-0.1, -0.05) is 6.07 Å². The molecule has 2 N–H and O–H groups in total. The van der Waals surface area contributed by atoms with Crippen LogP contribution in [0.15, 0.2) is 24.3 Å². The first-order chi connectivity index (χ1) is 15.2. The van der Waals surface area contributed by atoms with Gasteiger partial charge in [-0.3, -0.25) is 4.79 Å². The highest BCUT2D eigenvalue weighted by molar-refractivity contribution is 7.89. The molecule has 10 heteroatoms. The minimum Gasteiger partial charge on any atom is -0.478 e. The van der Waals surface area contributed by atoms with Crippen molar-refractivity contribution in [1.29, 1.82) is 0 Å².